The highest BCUT2D eigenvalue weighted by molar-refractivity contribution is 6.06. The van der Waals surface area contributed by atoms with Gasteiger partial charge in [0.2, 0.25) is 0 Å². The number of rotatable bonds is 3. The first-order valence-corrected chi connectivity index (χ1v) is 8.82. The third kappa shape index (κ3) is 2.91. The molecule has 0 bridgehead atoms. The van der Waals surface area contributed by atoms with E-state index in [1.165, 1.54) is 6.20 Å². The van der Waals surface area contributed by atoms with Gasteiger partial charge in [-0.15, -0.1) is 0 Å². The van der Waals surface area contributed by atoms with Gasteiger partial charge < -0.3 is 10.6 Å². The molecule has 2 N–H and O–H groups in total. The molecule has 0 radical (unpaired) electrons. The molecular formula is C21H18N6O. The maximum absolute atomic E-state index is 13.3. The number of hydrogen-bond acceptors (Lipinski definition) is 5. The number of nitrogens with one attached hydrogen (secondary N) is 2. The van der Waals surface area contributed by atoms with Gasteiger partial charge >= 0.3 is 0 Å². The number of benzene rings is 1. The first-order valence-electron chi connectivity index (χ1n) is 8.82. The summed E-state index contributed by atoms with van der Waals surface area (Å²) in [5.74, 6) is 0.342. The first-order chi connectivity index (χ1) is 13.6. The van der Waals surface area contributed by atoms with Crippen LogP contribution in [0.15, 0.2) is 66.3 Å². The molecule has 4 rings (SSSR count). The predicted molar refractivity (Wildman–Crippen MR) is 105 cm³/mol. The highest BCUT2D eigenvalue weighted by atomic mass is 16.1. The molecule has 3 heterocycles. The van der Waals surface area contributed by atoms with Crippen molar-refractivity contribution in [3.63, 3.8) is 0 Å². The van der Waals surface area contributed by atoms with Gasteiger partial charge in [-0.3, -0.25) is 9.78 Å². The van der Waals surface area contributed by atoms with Crippen molar-refractivity contribution in [2.45, 2.75) is 19.9 Å². The third-order valence-corrected chi connectivity index (χ3v) is 4.78. The zero-order chi connectivity index (χ0) is 19.7. The molecule has 2 aromatic heterocycles. The number of fused-ring (bicyclic) bond motifs is 1. The second-order valence-electron chi connectivity index (χ2n) is 6.58. The second-order valence-corrected chi connectivity index (χ2v) is 6.58. The molecule has 0 aliphatic carbocycles. The molecule has 3 aromatic rings. The lowest BCUT2D eigenvalue weighted by molar-refractivity contribution is -0.113. The molecule has 0 saturated carbocycles. The molecule has 1 atom stereocenters. The Bertz CT molecular complexity index is 1120. The summed E-state index contributed by atoms with van der Waals surface area (Å²) in [6, 6.07) is 13.0. The zero-order valence-electron chi connectivity index (χ0n) is 15.5. The highest BCUT2D eigenvalue weighted by Crippen LogP contribution is 2.37. The van der Waals surface area contributed by atoms with Crippen LogP contribution in [0.4, 0.5) is 11.5 Å². The second kappa shape index (κ2) is 7.00. The van der Waals surface area contributed by atoms with Crippen molar-refractivity contribution in [3.8, 4) is 6.07 Å². The third-order valence-electron chi connectivity index (χ3n) is 4.78. The molecule has 0 spiro atoms. The van der Waals surface area contributed by atoms with E-state index in [1.807, 2.05) is 50.2 Å². The maximum Gasteiger partial charge on any atom is 0.255 e. The van der Waals surface area contributed by atoms with Gasteiger partial charge in [0.25, 0.3) is 5.91 Å². The van der Waals surface area contributed by atoms with Crippen LogP contribution in [0.25, 0.3) is 0 Å². The van der Waals surface area contributed by atoms with E-state index in [9.17, 15) is 10.1 Å². The quantitative estimate of drug-likeness (QED) is 0.737. The van der Waals surface area contributed by atoms with E-state index in [1.54, 1.807) is 17.1 Å². The number of allylic oxidation sites excluding steroid dienone is 1. The zero-order valence-corrected chi connectivity index (χ0v) is 15.5. The van der Waals surface area contributed by atoms with Crippen LogP contribution in [0.1, 0.15) is 29.7 Å². The van der Waals surface area contributed by atoms with Crippen molar-refractivity contribution < 1.29 is 4.79 Å². The molecule has 1 amide bonds. The van der Waals surface area contributed by atoms with Crippen molar-refractivity contribution >= 4 is 17.4 Å². The summed E-state index contributed by atoms with van der Waals surface area (Å²) in [6.07, 6.45) is 4.89. The molecule has 7 heteroatoms. The number of carbonyl (C=O) groups excluding carboxylic acids is 1. The van der Waals surface area contributed by atoms with Crippen molar-refractivity contribution in [1.82, 2.24) is 14.8 Å². The topological polar surface area (TPSA) is 95.6 Å². The van der Waals surface area contributed by atoms with Gasteiger partial charge in [0, 0.05) is 23.8 Å². The molecular weight excluding hydrogens is 352 g/mol. The average molecular weight is 370 g/mol. The van der Waals surface area contributed by atoms with E-state index < -0.39 is 6.04 Å². The highest BCUT2D eigenvalue weighted by Gasteiger charge is 2.34. The average Bonchev–Trinajstić information content (AvgIpc) is 3.11. The first kappa shape index (κ1) is 17.5. The molecule has 7 nitrogen and oxygen atoms in total. The van der Waals surface area contributed by atoms with E-state index in [2.05, 4.69) is 26.8 Å². The van der Waals surface area contributed by atoms with Gasteiger partial charge in [0.1, 0.15) is 23.5 Å². The fraction of sp³-hybridized carbons (Fsp3) is 0.143. The fourth-order valence-electron chi connectivity index (χ4n) is 3.38. The fourth-order valence-corrected chi connectivity index (χ4v) is 3.38. The summed E-state index contributed by atoms with van der Waals surface area (Å²) in [5, 5.41) is 19.9. The van der Waals surface area contributed by atoms with Crippen molar-refractivity contribution in [2.75, 3.05) is 10.6 Å². The number of hydrogen-bond donors (Lipinski definition) is 2. The Morgan fingerprint density at radius 1 is 1.21 bits per heavy atom. The Labute approximate surface area is 162 Å². The number of para-hydroxylation sites is 1. The van der Waals surface area contributed by atoms with Crippen LogP contribution < -0.4 is 10.6 Å². The van der Waals surface area contributed by atoms with Gasteiger partial charge in [-0.25, -0.2) is 4.68 Å². The maximum atomic E-state index is 13.3. The van der Waals surface area contributed by atoms with Crippen LogP contribution in [0.5, 0.6) is 0 Å². The predicted octanol–water partition coefficient (Wildman–Crippen LogP) is 3.39. The largest absolute Gasteiger partial charge is 0.343 e. The van der Waals surface area contributed by atoms with Crippen molar-refractivity contribution in [2.24, 2.45) is 0 Å². The number of pyridine rings is 1. The van der Waals surface area contributed by atoms with Gasteiger partial charge in [0.15, 0.2) is 0 Å². The minimum Gasteiger partial charge on any atom is -0.343 e. The van der Waals surface area contributed by atoms with E-state index in [4.69, 9.17) is 0 Å². The lowest BCUT2D eigenvalue weighted by Gasteiger charge is -2.29. The van der Waals surface area contributed by atoms with Crippen LogP contribution in [0.3, 0.4) is 0 Å². The van der Waals surface area contributed by atoms with E-state index in [0.29, 0.717) is 22.7 Å². The van der Waals surface area contributed by atoms with Crippen molar-refractivity contribution in [1.29, 1.82) is 5.26 Å². The number of amides is 1. The van der Waals surface area contributed by atoms with Crippen LogP contribution in [0.2, 0.25) is 0 Å². The standard InChI is InChI=1S/C21H18N6O/c1-13-6-3-4-8-17(13)26-21(28)18-14(2)25-20-16(10-22)12-24-27(20)19(18)15-7-5-9-23-11-15/h3-9,11-12,19,25H,1-2H3,(H,26,28). The van der Waals surface area contributed by atoms with Crippen LogP contribution in [-0.2, 0) is 4.79 Å². The number of nitriles is 1. The monoisotopic (exact) mass is 370 g/mol. The van der Waals surface area contributed by atoms with E-state index in [0.717, 1.165) is 16.8 Å². The smallest absolute Gasteiger partial charge is 0.255 e. The normalized spacial score (nSPS) is 15.4. The Hall–Kier alpha value is -3.92. The molecule has 138 valence electrons. The molecule has 0 fully saturated rings. The summed E-state index contributed by atoms with van der Waals surface area (Å²) in [5.41, 5.74) is 4.16. The van der Waals surface area contributed by atoms with Crippen LogP contribution >= 0.6 is 0 Å². The van der Waals surface area contributed by atoms with Crippen LogP contribution in [-0.4, -0.2) is 20.7 Å². The Morgan fingerprint density at radius 2 is 2.04 bits per heavy atom. The summed E-state index contributed by atoms with van der Waals surface area (Å²) in [6.45, 7) is 3.77. The van der Waals surface area contributed by atoms with Crippen LogP contribution in [0, 0.1) is 18.3 Å². The number of anilines is 2. The summed E-state index contributed by atoms with van der Waals surface area (Å²) < 4.78 is 1.66. The lowest BCUT2D eigenvalue weighted by Crippen LogP contribution is -2.31. The number of aromatic nitrogens is 3. The lowest BCUT2D eigenvalue weighted by atomic mass is 9.95. The Kier molecular flexibility index (Phi) is 4.38. The SMILES string of the molecule is CC1=C(C(=O)Nc2ccccc2C)C(c2cccnc2)n2ncc(C#N)c2N1. The van der Waals surface area contributed by atoms with Crippen molar-refractivity contribution in [3.05, 3.63) is 82.9 Å². The molecule has 1 aliphatic heterocycles. The van der Waals surface area contributed by atoms with Gasteiger partial charge in [-0.1, -0.05) is 24.3 Å². The Morgan fingerprint density at radius 3 is 2.75 bits per heavy atom. The minimum atomic E-state index is -0.490. The molecule has 1 aliphatic rings. The molecule has 0 saturated heterocycles. The number of carbonyl (C=O) groups is 1. The molecule has 1 unspecified atom stereocenters. The summed E-state index contributed by atoms with van der Waals surface area (Å²) in [4.78, 5) is 17.5. The molecule has 28 heavy (non-hydrogen) atoms. The molecule has 1 aromatic carbocycles. The van der Waals surface area contributed by atoms with E-state index >= 15 is 0 Å². The van der Waals surface area contributed by atoms with E-state index in [-0.39, 0.29) is 5.91 Å². The van der Waals surface area contributed by atoms with Gasteiger partial charge in [-0.2, -0.15) is 10.4 Å². The van der Waals surface area contributed by atoms with Gasteiger partial charge in [0.05, 0.1) is 11.8 Å². The summed E-state index contributed by atoms with van der Waals surface area (Å²) in [7, 11) is 0. The van der Waals surface area contributed by atoms with Gasteiger partial charge in [-0.05, 0) is 37.1 Å². The Balaban J connectivity index is 1.81. The summed E-state index contributed by atoms with van der Waals surface area (Å²) >= 11 is 0. The minimum absolute atomic E-state index is 0.229. The number of aryl methyl sites for hydroxylation is 1. The number of nitrogens with zero attached hydrogens (tertiary/aromatic N) is 4.